The van der Waals surface area contributed by atoms with Crippen LogP contribution in [0, 0.1) is 6.92 Å². The molecule has 0 spiro atoms. The van der Waals surface area contributed by atoms with E-state index in [1.165, 1.54) is 11.9 Å². The number of pyridine rings is 1. The molecule has 0 amide bonds. The first-order chi connectivity index (χ1) is 17.1. The molecule has 0 atom stereocenters. The molecule has 1 fully saturated rings. The SMILES string of the molecule is Cc1nc(-c2ccc(N3CCN(C(C)C)CC3)cc2)cc2c1cc(-c1cccc(S(C)(=O)=O)c1)n2C. The Bertz CT molecular complexity index is 1510. The lowest BCUT2D eigenvalue weighted by Gasteiger charge is -2.38. The van der Waals surface area contributed by atoms with E-state index in [0.717, 1.165) is 65.3 Å². The second-order valence-corrected chi connectivity index (χ2v) is 12.1. The minimum atomic E-state index is -3.27. The Morgan fingerprint density at radius 3 is 2.22 bits per heavy atom. The summed E-state index contributed by atoms with van der Waals surface area (Å²) < 4.78 is 26.3. The summed E-state index contributed by atoms with van der Waals surface area (Å²) in [7, 11) is -1.25. The first-order valence-electron chi connectivity index (χ1n) is 12.5. The van der Waals surface area contributed by atoms with E-state index in [4.69, 9.17) is 4.98 Å². The maximum atomic E-state index is 12.1. The monoisotopic (exact) mass is 502 g/mol. The molecule has 0 unspecified atom stereocenters. The lowest BCUT2D eigenvalue weighted by atomic mass is 10.1. The Morgan fingerprint density at radius 2 is 1.58 bits per heavy atom. The molecule has 0 bridgehead atoms. The fourth-order valence-electron chi connectivity index (χ4n) is 5.14. The molecular formula is C29H34N4O2S. The standard InChI is InChI=1S/C29H34N4O2S/c1-20(2)32-13-15-33(16-14-32)24-11-9-22(10-12-24)27-19-29-26(21(3)30-27)18-28(31(29)4)23-7-6-8-25(17-23)36(5,34)35/h6-12,17-20H,13-16H2,1-5H3. The summed E-state index contributed by atoms with van der Waals surface area (Å²) in [6.07, 6.45) is 1.24. The van der Waals surface area contributed by atoms with Gasteiger partial charge in [0.2, 0.25) is 0 Å². The van der Waals surface area contributed by atoms with Crippen molar-refractivity contribution in [1.82, 2.24) is 14.5 Å². The molecule has 36 heavy (non-hydrogen) atoms. The van der Waals surface area contributed by atoms with Crippen molar-refractivity contribution < 1.29 is 8.42 Å². The van der Waals surface area contributed by atoms with Crippen molar-refractivity contribution in [1.29, 1.82) is 0 Å². The maximum Gasteiger partial charge on any atom is 0.175 e. The van der Waals surface area contributed by atoms with Gasteiger partial charge in [0.05, 0.1) is 16.1 Å². The number of piperazine rings is 1. The van der Waals surface area contributed by atoms with Crippen LogP contribution in [0.4, 0.5) is 5.69 Å². The molecule has 0 saturated carbocycles. The molecule has 0 N–H and O–H groups in total. The Balaban J connectivity index is 1.45. The average Bonchev–Trinajstić information content (AvgIpc) is 3.21. The maximum absolute atomic E-state index is 12.1. The minimum Gasteiger partial charge on any atom is -0.369 e. The highest BCUT2D eigenvalue weighted by atomic mass is 32.2. The Labute approximate surface area is 214 Å². The van der Waals surface area contributed by atoms with Gasteiger partial charge in [-0.05, 0) is 62.7 Å². The number of sulfone groups is 1. The van der Waals surface area contributed by atoms with Crippen molar-refractivity contribution in [2.45, 2.75) is 31.7 Å². The van der Waals surface area contributed by atoms with E-state index in [1.54, 1.807) is 18.2 Å². The van der Waals surface area contributed by atoms with Gasteiger partial charge in [-0.1, -0.05) is 24.3 Å². The predicted octanol–water partition coefficient (Wildman–Crippen LogP) is 5.15. The van der Waals surface area contributed by atoms with Gasteiger partial charge in [0, 0.05) is 73.5 Å². The van der Waals surface area contributed by atoms with Crippen LogP contribution >= 0.6 is 0 Å². The number of aromatic nitrogens is 2. The number of anilines is 1. The summed E-state index contributed by atoms with van der Waals surface area (Å²) in [6, 6.07) is 20.7. The second kappa shape index (κ2) is 9.37. The zero-order chi connectivity index (χ0) is 25.6. The zero-order valence-electron chi connectivity index (χ0n) is 21.7. The molecule has 0 aliphatic carbocycles. The van der Waals surface area contributed by atoms with Crippen LogP contribution in [0.5, 0.6) is 0 Å². The van der Waals surface area contributed by atoms with Crippen molar-refractivity contribution in [3.05, 3.63) is 66.4 Å². The van der Waals surface area contributed by atoms with E-state index in [-0.39, 0.29) is 0 Å². The summed E-state index contributed by atoms with van der Waals surface area (Å²) in [4.78, 5) is 10.2. The largest absolute Gasteiger partial charge is 0.369 e. The predicted molar refractivity (Wildman–Crippen MR) is 148 cm³/mol. The van der Waals surface area contributed by atoms with Gasteiger partial charge in [-0.15, -0.1) is 0 Å². The van der Waals surface area contributed by atoms with Gasteiger partial charge in [-0.2, -0.15) is 0 Å². The van der Waals surface area contributed by atoms with Crippen molar-refractivity contribution in [2.75, 3.05) is 37.3 Å². The number of benzene rings is 2. The molecule has 1 saturated heterocycles. The summed E-state index contributed by atoms with van der Waals surface area (Å²) >= 11 is 0. The normalized spacial score (nSPS) is 15.2. The Morgan fingerprint density at radius 1 is 0.889 bits per heavy atom. The van der Waals surface area contributed by atoms with Gasteiger partial charge in [0.15, 0.2) is 9.84 Å². The van der Waals surface area contributed by atoms with E-state index < -0.39 is 9.84 Å². The van der Waals surface area contributed by atoms with Crippen molar-refractivity contribution >= 4 is 26.4 Å². The molecule has 0 radical (unpaired) electrons. The van der Waals surface area contributed by atoms with Gasteiger partial charge < -0.3 is 9.47 Å². The first kappa shape index (κ1) is 24.5. The zero-order valence-corrected chi connectivity index (χ0v) is 22.5. The van der Waals surface area contributed by atoms with Crippen LogP contribution in [-0.4, -0.2) is 61.3 Å². The quantitative estimate of drug-likeness (QED) is 0.378. The Hall–Kier alpha value is -3.16. The molecule has 2 aromatic heterocycles. The summed E-state index contributed by atoms with van der Waals surface area (Å²) in [5.74, 6) is 0. The molecule has 1 aliphatic rings. The lowest BCUT2D eigenvalue weighted by Crippen LogP contribution is -2.48. The van der Waals surface area contributed by atoms with Gasteiger partial charge in [0.1, 0.15) is 0 Å². The molecule has 3 heterocycles. The third kappa shape index (κ3) is 4.65. The third-order valence-corrected chi connectivity index (χ3v) is 8.47. The van der Waals surface area contributed by atoms with E-state index in [0.29, 0.717) is 10.9 Å². The smallest absolute Gasteiger partial charge is 0.175 e. The van der Waals surface area contributed by atoms with Crippen LogP contribution in [0.2, 0.25) is 0 Å². The second-order valence-electron chi connectivity index (χ2n) is 10.1. The fourth-order valence-corrected chi connectivity index (χ4v) is 5.80. The van der Waals surface area contributed by atoms with Crippen LogP contribution in [0.3, 0.4) is 0 Å². The van der Waals surface area contributed by atoms with Crippen molar-refractivity contribution in [3.8, 4) is 22.5 Å². The van der Waals surface area contributed by atoms with Crippen molar-refractivity contribution in [2.24, 2.45) is 7.05 Å². The van der Waals surface area contributed by atoms with Crippen LogP contribution in [0.25, 0.3) is 33.4 Å². The number of fused-ring (bicyclic) bond motifs is 1. The fraction of sp³-hybridized carbons (Fsp3) is 0.345. The average molecular weight is 503 g/mol. The molecule has 4 aromatic rings. The highest BCUT2D eigenvalue weighted by Crippen LogP contribution is 2.33. The topological polar surface area (TPSA) is 58.4 Å². The third-order valence-electron chi connectivity index (χ3n) is 7.36. The number of nitrogens with zero attached hydrogens (tertiary/aromatic N) is 4. The lowest BCUT2D eigenvalue weighted by molar-refractivity contribution is 0.209. The highest BCUT2D eigenvalue weighted by molar-refractivity contribution is 7.90. The summed E-state index contributed by atoms with van der Waals surface area (Å²) in [6.45, 7) is 10.9. The molecule has 6 nitrogen and oxygen atoms in total. The van der Waals surface area contributed by atoms with Crippen LogP contribution < -0.4 is 4.90 Å². The number of hydrogen-bond acceptors (Lipinski definition) is 5. The van der Waals surface area contributed by atoms with E-state index in [9.17, 15) is 8.42 Å². The molecule has 5 rings (SSSR count). The number of hydrogen-bond donors (Lipinski definition) is 0. The van der Waals surface area contributed by atoms with Crippen molar-refractivity contribution in [3.63, 3.8) is 0 Å². The first-order valence-corrected chi connectivity index (χ1v) is 14.4. The van der Waals surface area contributed by atoms with Gasteiger partial charge in [-0.25, -0.2) is 8.42 Å². The van der Waals surface area contributed by atoms with Crippen LogP contribution in [0.15, 0.2) is 65.6 Å². The van der Waals surface area contributed by atoms with Crippen LogP contribution in [-0.2, 0) is 16.9 Å². The molecule has 188 valence electrons. The van der Waals surface area contributed by atoms with Gasteiger partial charge >= 0.3 is 0 Å². The van der Waals surface area contributed by atoms with E-state index in [2.05, 4.69) is 64.6 Å². The summed E-state index contributed by atoms with van der Waals surface area (Å²) in [5.41, 5.74) is 7.16. The molecule has 2 aromatic carbocycles. The Kier molecular flexibility index (Phi) is 6.39. The molecule has 7 heteroatoms. The van der Waals surface area contributed by atoms with E-state index in [1.807, 2.05) is 20.0 Å². The summed E-state index contributed by atoms with van der Waals surface area (Å²) in [5, 5.41) is 1.07. The number of rotatable bonds is 5. The van der Waals surface area contributed by atoms with E-state index >= 15 is 0 Å². The highest BCUT2D eigenvalue weighted by Gasteiger charge is 2.19. The van der Waals surface area contributed by atoms with Crippen LogP contribution in [0.1, 0.15) is 19.5 Å². The molecule has 1 aliphatic heterocycles. The van der Waals surface area contributed by atoms with Gasteiger partial charge in [0.25, 0.3) is 0 Å². The molecular weight excluding hydrogens is 468 g/mol. The minimum absolute atomic E-state index is 0.325. The van der Waals surface area contributed by atoms with Gasteiger partial charge in [-0.3, -0.25) is 9.88 Å². The number of aryl methyl sites for hydroxylation is 2.